The van der Waals surface area contributed by atoms with Crippen molar-refractivity contribution in [2.75, 3.05) is 0 Å². The van der Waals surface area contributed by atoms with Crippen LogP contribution in [-0.2, 0) is 6.42 Å². The lowest BCUT2D eigenvalue weighted by atomic mass is 9.52. The zero-order valence-corrected chi connectivity index (χ0v) is 15.6. The topological polar surface area (TPSA) is 44.0 Å². The van der Waals surface area contributed by atoms with Gasteiger partial charge in [0.25, 0.3) is 0 Å². The van der Waals surface area contributed by atoms with Crippen LogP contribution in [0, 0.1) is 35.5 Å². The molecule has 0 bridgehead atoms. The molecule has 3 unspecified atom stereocenters. The maximum atomic E-state index is 10.5. The molecular formula is C22H31NO. The molecule has 0 amide bonds. The number of rotatable bonds is 3. The molecule has 2 nitrogen and oxygen atoms in total. The second kappa shape index (κ2) is 6.52. The van der Waals surface area contributed by atoms with Crippen molar-refractivity contribution in [2.24, 2.45) is 17.3 Å². The summed E-state index contributed by atoms with van der Waals surface area (Å²) in [5, 5.41) is 19.8. The summed E-state index contributed by atoms with van der Waals surface area (Å²) in [5.41, 5.74) is 5.02. The molecule has 1 saturated carbocycles. The molecule has 24 heavy (non-hydrogen) atoms. The molecule has 0 heterocycles. The Morgan fingerprint density at radius 2 is 2.12 bits per heavy atom. The molecule has 5 atom stereocenters. The summed E-state index contributed by atoms with van der Waals surface area (Å²) in [7, 11) is 0. The van der Waals surface area contributed by atoms with Gasteiger partial charge in [-0.05, 0) is 91.9 Å². The third kappa shape index (κ3) is 2.58. The van der Waals surface area contributed by atoms with Crippen LogP contribution in [-0.4, -0.2) is 11.2 Å². The zero-order chi connectivity index (χ0) is 17.5. The highest BCUT2D eigenvalue weighted by atomic mass is 16.3. The molecule has 0 saturated heterocycles. The van der Waals surface area contributed by atoms with E-state index in [4.69, 9.17) is 0 Å². The number of nitrogens with zero attached hydrogens (tertiary/aromatic N) is 1. The van der Waals surface area contributed by atoms with Crippen LogP contribution in [0.1, 0.15) is 81.0 Å². The minimum Gasteiger partial charge on any atom is -0.393 e. The molecule has 130 valence electrons. The van der Waals surface area contributed by atoms with Crippen LogP contribution in [0.4, 0.5) is 0 Å². The average Bonchev–Trinajstić information content (AvgIpc) is 2.57. The summed E-state index contributed by atoms with van der Waals surface area (Å²) in [5.74, 6) is 1.90. The SMILES string of the molecule is CCCC1C2CCc3c(ccc(C#N)c3C)C2CC[C@]1(C)[C@H](C)O. The van der Waals surface area contributed by atoms with Gasteiger partial charge >= 0.3 is 0 Å². The van der Waals surface area contributed by atoms with Crippen molar-refractivity contribution in [1.82, 2.24) is 0 Å². The lowest BCUT2D eigenvalue weighted by Gasteiger charge is -2.53. The average molecular weight is 325 g/mol. The number of benzene rings is 1. The normalized spacial score (nSPS) is 33.2. The van der Waals surface area contributed by atoms with Gasteiger partial charge in [-0.2, -0.15) is 5.26 Å². The standard InChI is InChI=1S/C22H31NO/c1-5-6-21-20-10-9-17-14(2)16(13-23)7-8-18(17)19(20)11-12-22(21,4)15(3)24/h7-8,15,19-21,24H,5-6,9-12H2,1-4H3/t15-,19?,20?,21?,22+/m0/s1. The highest BCUT2D eigenvalue weighted by Gasteiger charge is 2.49. The number of hydrogen-bond acceptors (Lipinski definition) is 2. The molecule has 2 aliphatic carbocycles. The number of hydrogen-bond donors (Lipinski definition) is 1. The first kappa shape index (κ1) is 17.5. The number of nitriles is 1. The summed E-state index contributed by atoms with van der Waals surface area (Å²) in [6, 6.07) is 6.59. The largest absolute Gasteiger partial charge is 0.393 e. The Hall–Kier alpha value is -1.33. The van der Waals surface area contributed by atoms with E-state index in [0.29, 0.717) is 17.8 Å². The Labute approximate surface area is 146 Å². The Kier molecular flexibility index (Phi) is 4.76. The van der Waals surface area contributed by atoms with Gasteiger partial charge in [-0.3, -0.25) is 0 Å². The number of fused-ring (bicyclic) bond motifs is 3. The smallest absolute Gasteiger partial charge is 0.0994 e. The second-order valence-electron chi connectivity index (χ2n) is 8.34. The molecule has 1 aromatic carbocycles. The summed E-state index contributed by atoms with van der Waals surface area (Å²) >= 11 is 0. The van der Waals surface area contributed by atoms with Gasteiger partial charge in [-0.15, -0.1) is 0 Å². The van der Waals surface area contributed by atoms with Gasteiger partial charge in [0, 0.05) is 0 Å². The monoisotopic (exact) mass is 325 g/mol. The van der Waals surface area contributed by atoms with Crippen LogP contribution in [0.2, 0.25) is 0 Å². The van der Waals surface area contributed by atoms with Gasteiger partial charge in [0.1, 0.15) is 0 Å². The highest BCUT2D eigenvalue weighted by molar-refractivity contribution is 5.49. The van der Waals surface area contributed by atoms with Crippen LogP contribution in [0.25, 0.3) is 0 Å². The maximum Gasteiger partial charge on any atom is 0.0994 e. The van der Waals surface area contributed by atoms with E-state index in [1.165, 1.54) is 42.4 Å². The lowest BCUT2D eigenvalue weighted by Crippen LogP contribution is -2.48. The molecule has 3 rings (SSSR count). The molecule has 1 N–H and O–H groups in total. The predicted molar refractivity (Wildman–Crippen MR) is 97.9 cm³/mol. The van der Waals surface area contributed by atoms with Gasteiger partial charge in [0.2, 0.25) is 0 Å². The first-order valence-corrected chi connectivity index (χ1v) is 9.64. The third-order valence-corrected chi connectivity index (χ3v) is 7.31. The van der Waals surface area contributed by atoms with E-state index >= 15 is 0 Å². The summed E-state index contributed by atoms with van der Waals surface area (Å²) in [4.78, 5) is 0. The predicted octanol–water partition coefficient (Wildman–Crippen LogP) is 5.11. The Bertz CT molecular complexity index is 657. The summed E-state index contributed by atoms with van der Waals surface area (Å²) < 4.78 is 0. The van der Waals surface area contributed by atoms with Crippen LogP contribution >= 0.6 is 0 Å². The first-order valence-electron chi connectivity index (χ1n) is 9.64. The summed E-state index contributed by atoms with van der Waals surface area (Å²) in [6.07, 6.45) is 6.75. The summed E-state index contributed by atoms with van der Waals surface area (Å²) in [6.45, 7) is 8.69. The van der Waals surface area contributed by atoms with E-state index < -0.39 is 0 Å². The van der Waals surface area contributed by atoms with E-state index in [2.05, 4.69) is 32.9 Å². The molecule has 1 aromatic rings. The van der Waals surface area contributed by atoms with Crippen LogP contribution in [0.15, 0.2) is 12.1 Å². The van der Waals surface area contributed by atoms with Crippen molar-refractivity contribution in [1.29, 1.82) is 5.26 Å². The van der Waals surface area contributed by atoms with E-state index in [9.17, 15) is 10.4 Å². The van der Waals surface area contributed by atoms with E-state index in [1.807, 2.05) is 13.0 Å². The third-order valence-electron chi connectivity index (χ3n) is 7.31. The minimum atomic E-state index is -0.237. The van der Waals surface area contributed by atoms with Crippen molar-refractivity contribution in [3.05, 3.63) is 34.4 Å². The first-order chi connectivity index (χ1) is 11.4. The van der Waals surface area contributed by atoms with Gasteiger partial charge in [0.05, 0.1) is 17.7 Å². The molecule has 0 spiro atoms. The fraction of sp³-hybridized carbons (Fsp3) is 0.682. The van der Waals surface area contributed by atoms with Gasteiger partial charge < -0.3 is 5.11 Å². The van der Waals surface area contributed by atoms with Crippen molar-refractivity contribution in [3.8, 4) is 6.07 Å². The maximum absolute atomic E-state index is 10.5. The Morgan fingerprint density at radius 1 is 1.38 bits per heavy atom. The fourth-order valence-corrected chi connectivity index (χ4v) is 5.69. The molecular weight excluding hydrogens is 294 g/mol. The molecule has 1 fully saturated rings. The van der Waals surface area contributed by atoms with Gasteiger partial charge in [-0.25, -0.2) is 0 Å². The quantitative estimate of drug-likeness (QED) is 0.839. The fourth-order valence-electron chi connectivity index (χ4n) is 5.69. The number of aliphatic hydroxyl groups excluding tert-OH is 1. The van der Waals surface area contributed by atoms with Gasteiger partial charge in [-0.1, -0.05) is 26.3 Å². The molecule has 2 heteroatoms. The molecule has 0 radical (unpaired) electrons. The molecule has 0 aromatic heterocycles. The lowest BCUT2D eigenvalue weighted by molar-refractivity contribution is -0.0634. The second-order valence-corrected chi connectivity index (χ2v) is 8.34. The van der Waals surface area contributed by atoms with E-state index in [1.54, 1.807) is 0 Å². The van der Waals surface area contributed by atoms with Crippen molar-refractivity contribution >= 4 is 0 Å². The van der Waals surface area contributed by atoms with Crippen molar-refractivity contribution in [3.63, 3.8) is 0 Å². The Balaban J connectivity index is 2.00. The molecule has 2 aliphatic rings. The van der Waals surface area contributed by atoms with Crippen molar-refractivity contribution in [2.45, 2.75) is 78.2 Å². The van der Waals surface area contributed by atoms with E-state index in [-0.39, 0.29) is 11.5 Å². The number of aliphatic hydroxyl groups is 1. The van der Waals surface area contributed by atoms with Crippen LogP contribution in [0.3, 0.4) is 0 Å². The van der Waals surface area contributed by atoms with Gasteiger partial charge in [0.15, 0.2) is 0 Å². The molecule has 0 aliphatic heterocycles. The Morgan fingerprint density at radius 3 is 2.75 bits per heavy atom. The van der Waals surface area contributed by atoms with Crippen molar-refractivity contribution < 1.29 is 5.11 Å². The van der Waals surface area contributed by atoms with Crippen LogP contribution < -0.4 is 0 Å². The zero-order valence-electron chi connectivity index (χ0n) is 15.6. The van der Waals surface area contributed by atoms with E-state index in [0.717, 1.165) is 18.4 Å². The minimum absolute atomic E-state index is 0.0519. The highest BCUT2D eigenvalue weighted by Crippen LogP contribution is 2.57. The van der Waals surface area contributed by atoms with Crippen LogP contribution in [0.5, 0.6) is 0 Å².